The first-order chi connectivity index (χ1) is 7.31. The lowest BCUT2D eigenvalue weighted by Crippen LogP contribution is -2.43. The molecule has 0 amide bonds. The monoisotopic (exact) mass is 297 g/mol. The van der Waals surface area contributed by atoms with E-state index in [0.717, 1.165) is 0 Å². The van der Waals surface area contributed by atoms with Crippen molar-refractivity contribution < 1.29 is 18.3 Å². The van der Waals surface area contributed by atoms with Crippen LogP contribution >= 0.6 is 15.9 Å². The maximum Gasteiger partial charge on any atom is 0.421 e. The zero-order valence-corrected chi connectivity index (χ0v) is 9.85. The second-order valence-electron chi connectivity index (χ2n) is 3.41. The first-order valence-electron chi connectivity index (χ1n) is 4.56. The molecule has 0 aromatic heterocycles. The predicted molar refractivity (Wildman–Crippen MR) is 57.8 cm³/mol. The summed E-state index contributed by atoms with van der Waals surface area (Å²) < 4.78 is 38.8. The van der Waals surface area contributed by atoms with Crippen LogP contribution in [-0.2, 0) is 5.60 Å². The molecule has 6 heteroatoms. The Balaban J connectivity index is 3.21. The topological polar surface area (TPSA) is 46.2 Å². The van der Waals surface area contributed by atoms with Crippen LogP contribution in [0.5, 0.6) is 0 Å². The molecule has 0 bridgehead atoms. The fourth-order valence-corrected chi connectivity index (χ4v) is 1.80. The lowest BCUT2D eigenvalue weighted by Gasteiger charge is -2.30. The fourth-order valence-electron chi connectivity index (χ4n) is 1.40. The zero-order chi connectivity index (χ0) is 12.4. The number of nitrogens with two attached hydrogens (primary N) is 1. The summed E-state index contributed by atoms with van der Waals surface area (Å²) in [4.78, 5) is 0. The highest BCUT2D eigenvalue weighted by Crippen LogP contribution is 2.41. The second kappa shape index (κ2) is 4.73. The predicted octanol–water partition coefficient (Wildman–Crippen LogP) is 2.55. The molecule has 0 heterocycles. The van der Waals surface area contributed by atoms with Crippen molar-refractivity contribution in [2.45, 2.75) is 18.2 Å². The molecule has 0 saturated heterocycles. The molecule has 0 saturated carbocycles. The van der Waals surface area contributed by atoms with Crippen molar-refractivity contribution in [2.75, 3.05) is 6.54 Å². The third-order valence-corrected chi connectivity index (χ3v) is 2.77. The third kappa shape index (κ3) is 2.56. The first kappa shape index (κ1) is 13.5. The van der Waals surface area contributed by atoms with E-state index in [1.54, 1.807) is 6.07 Å². The summed E-state index contributed by atoms with van der Waals surface area (Å²) in [6, 6.07) is 5.49. The summed E-state index contributed by atoms with van der Waals surface area (Å²) in [7, 11) is 0. The highest BCUT2D eigenvalue weighted by Gasteiger charge is 2.54. The second-order valence-corrected chi connectivity index (χ2v) is 4.32. The fraction of sp³-hybridized carbons (Fsp3) is 0.400. The van der Waals surface area contributed by atoms with Crippen LogP contribution < -0.4 is 5.73 Å². The number of halogens is 4. The lowest BCUT2D eigenvalue weighted by molar-refractivity contribution is -0.268. The largest absolute Gasteiger partial charge is 0.421 e. The molecule has 90 valence electrons. The molecule has 3 N–H and O–H groups in total. The number of hydrogen-bond acceptors (Lipinski definition) is 2. The number of benzene rings is 1. The molecule has 2 nitrogen and oxygen atoms in total. The molecule has 0 aliphatic carbocycles. The van der Waals surface area contributed by atoms with E-state index in [-0.39, 0.29) is 12.1 Å². The minimum Gasteiger partial charge on any atom is -0.376 e. The highest BCUT2D eigenvalue weighted by molar-refractivity contribution is 9.10. The van der Waals surface area contributed by atoms with E-state index < -0.39 is 18.2 Å². The molecule has 1 aromatic carbocycles. The van der Waals surface area contributed by atoms with Gasteiger partial charge in [0.2, 0.25) is 0 Å². The smallest absolute Gasteiger partial charge is 0.376 e. The Labute approximate surface area is 99.4 Å². The maximum atomic E-state index is 12.8. The summed E-state index contributed by atoms with van der Waals surface area (Å²) in [5, 5.41) is 9.72. The Morgan fingerprint density at radius 1 is 1.31 bits per heavy atom. The van der Waals surface area contributed by atoms with Crippen LogP contribution in [0, 0.1) is 0 Å². The average molecular weight is 298 g/mol. The van der Waals surface area contributed by atoms with Crippen molar-refractivity contribution >= 4 is 15.9 Å². The van der Waals surface area contributed by atoms with Gasteiger partial charge in [0.25, 0.3) is 0 Å². The number of hydrogen-bond donors (Lipinski definition) is 2. The van der Waals surface area contributed by atoms with E-state index in [9.17, 15) is 18.3 Å². The minimum absolute atomic E-state index is 0.208. The van der Waals surface area contributed by atoms with Crippen LogP contribution in [0.25, 0.3) is 0 Å². The Hall–Kier alpha value is -0.590. The molecule has 0 spiro atoms. The quantitative estimate of drug-likeness (QED) is 0.901. The van der Waals surface area contributed by atoms with E-state index in [0.29, 0.717) is 4.47 Å². The van der Waals surface area contributed by atoms with Gasteiger partial charge in [-0.05, 0) is 24.2 Å². The van der Waals surface area contributed by atoms with Gasteiger partial charge < -0.3 is 10.8 Å². The van der Waals surface area contributed by atoms with Crippen LogP contribution in [0.1, 0.15) is 12.0 Å². The van der Waals surface area contributed by atoms with Gasteiger partial charge in [0.15, 0.2) is 5.60 Å². The van der Waals surface area contributed by atoms with Crippen LogP contribution in [-0.4, -0.2) is 17.8 Å². The van der Waals surface area contributed by atoms with E-state index in [4.69, 9.17) is 5.73 Å². The standard InChI is InChI=1S/C10H11BrF3NO/c11-8-3-1-2-7(6-8)9(16,4-5-15)10(12,13)14/h1-3,6,16H,4-5,15H2. The van der Waals surface area contributed by atoms with E-state index in [2.05, 4.69) is 15.9 Å². The summed E-state index contributed by atoms with van der Waals surface area (Å²) in [6.45, 7) is -0.247. The van der Waals surface area contributed by atoms with Gasteiger partial charge in [-0.15, -0.1) is 0 Å². The molecule has 0 aliphatic heterocycles. The molecular formula is C10H11BrF3NO. The summed E-state index contributed by atoms with van der Waals surface area (Å²) in [6.07, 6.45) is -5.31. The van der Waals surface area contributed by atoms with Gasteiger partial charge in [-0.2, -0.15) is 13.2 Å². The van der Waals surface area contributed by atoms with Gasteiger partial charge in [-0.1, -0.05) is 28.1 Å². The van der Waals surface area contributed by atoms with E-state index >= 15 is 0 Å². The van der Waals surface area contributed by atoms with Crippen molar-refractivity contribution in [1.82, 2.24) is 0 Å². The third-order valence-electron chi connectivity index (χ3n) is 2.28. The molecular weight excluding hydrogens is 287 g/mol. The van der Waals surface area contributed by atoms with E-state index in [1.165, 1.54) is 18.2 Å². The molecule has 0 aliphatic rings. The highest BCUT2D eigenvalue weighted by atomic mass is 79.9. The van der Waals surface area contributed by atoms with Crippen LogP contribution in [0.2, 0.25) is 0 Å². The lowest BCUT2D eigenvalue weighted by atomic mass is 9.90. The van der Waals surface area contributed by atoms with Crippen molar-refractivity contribution in [3.05, 3.63) is 34.3 Å². The Morgan fingerprint density at radius 3 is 2.38 bits per heavy atom. The molecule has 1 rings (SSSR count). The average Bonchev–Trinajstić information content (AvgIpc) is 2.16. The van der Waals surface area contributed by atoms with Gasteiger partial charge in [0.1, 0.15) is 0 Å². The van der Waals surface area contributed by atoms with Gasteiger partial charge >= 0.3 is 6.18 Å². The van der Waals surface area contributed by atoms with Gasteiger partial charge in [0.05, 0.1) is 0 Å². The number of alkyl halides is 3. The summed E-state index contributed by atoms with van der Waals surface area (Å²) >= 11 is 3.06. The van der Waals surface area contributed by atoms with Crippen LogP contribution in [0.3, 0.4) is 0 Å². The van der Waals surface area contributed by atoms with Gasteiger partial charge in [-0.3, -0.25) is 0 Å². The van der Waals surface area contributed by atoms with Crippen molar-refractivity contribution in [3.8, 4) is 0 Å². The normalized spacial score (nSPS) is 15.9. The molecule has 1 aromatic rings. The Kier molecular flexibility index (Phi) is 3.98. The molecule has 0 radical (unpaired) electrons. The first-order valence-corrected chi connectivity index (χ1v) is 5.36. The summed E-state index contributed by atoms with van der Waals surface area (Å²) in [5.41, 5.74) is 2.02. The Morgan fingerprint density at radius 2 is 1.94 bits per heavy atom. The number of rotatable bonds is 3. The maximum absolute atomic E-state index is 12.8. The number of aliphatic hydroxyl groups is 1. The molecule has 1 unspecified atom stereocenters. The molecule has 1 atom stereocenters. The van der Waals surface area contributed by atoms with Crippen molar-refractivity contribution in [2.24, 2.45) is 5.73 Å². The van der Waals surface area contributed by atoms with Crippen LogP contribution in [0.4, 0.5) is 13.2 Å². The summed E-state index contributed by atoms with van der Waals surface area (Å²) in [5.74, 6) is 0. The molecule has 16 heavy (non-hydrogen) atoms. The van der Waals surface area contributed by atoms with Crippen LogP contribution in [0.15, 0.2) is 28.7 Å². The SMILES string of the molecule is NCCC(O)(c1cccc(Br)c1)C(F)(F)F. The van der Waals surface area contributed by atoms with Crippen molar-refractivity contribution in [1.29, 1.82) is 0 Å². The Bertz CT molecular complexity index is 369. The molecule has 0 fully saturated rings. The zero-order valence-electron chi connectivity index (χ0n) is 8.26. The van der Waals surface area contributed by atoms with E-state index in [1.807, 2.05) is 0 Å². The van der Waals surface area contributed by atoms with Gasteiger partial charge in [0, 0.05) is 10.9 Å². The van der Waals surface area contributed by atoms with Gasteiger partial charge in [-0.25, -0.2) is 0 Å². The minimum atomic E-state index is -4.74. The van der Waals surface area contributed by atoms with Crippen molar-refractivity contribution in [3.63, 3.8) is 0 Å².